The number of halogens is 1. The van der Waals surface area contributed by atoms with Crippen molar-refractivity contribution < 1.29 is 19.0 Å². The highest BCUT2D eigenvalue weighted by atomic mass is 19.1. The molecule has 0 bridgehead atoms. The van der Waals surface area contributed by atoms with Gasteiger partial charge in [0.1, 0.15) is 11.6 Å². The van der Waals surface area contributed by atoms with Crippen molar-refractivity contribution in [1.82, 2.24) is 0 Å². The van der Waals surface area contributed by atoms with Crippen molar-refractivity contribution >= 4 is 5.97 Å². The quantitative estimate of drug-likeness (QED) is 0.882. The van der Waals surface area contributed by atoms with Crippen LogP contribution in [0.2, 0.25) is 0 Å². The van der Waals surface area contributed by atoms with E-state index in [4.69, 9.17) is 4.74 Å². The molecule has 110 valence electrons. The van der Waals surface area contributed by atoms with Crippen LogP contribution >= 0.6 is 0 Å². The number of carboxylic acids is 1. The third kappa shape index (κ3) is 3.81. The van der Waals surface area contributed by atoms with Gasteiger partial charge in [0.15, 0.2) is 0 Å². The van der Waals surface area contributed by atoms with Crippen LogP contribution in [0, 0.1) is 5.82 Å². The third-order valence-electron chi connectivity index (χ3n) is 3.25. The fourth-order valence-corrected chi connectivity index (χ4v) is 2.22. The molecule has 0 amide bonds. The van der Waals surface area contributed by atoms with Gasteiger partial charge in [-0.2, -0.15) is 0 Å². The van der Waals surface area contributed by atoms with Gasteiger partial charge in [-0.1, -0.05) is 30.3 Å². The van der Waals surface area contributed by atoms with E-state index in [2.05, 4.69) is 0 Å². The Hall–Kier alpha value is -2.36. The molecule has 2 aromatic rings. The SMILES string of the molecule is CCOc1cccc(C(Cc2ccccc2F)C(=O)O)c1. The second-order valence-corrected chi connectivity index (χ2v) is 4.69. The average Bonchev–Trinajstić information content (AvgIpc) is 2.46. The highest BCUT2D eigenvalue weighted by Gasteiger charge is 2.22. The van der Waals surface area contributed by atoms with Gasteiger partial charge < -0.3 is 9.84 Å². The molecule has 3 nitrogen and oxygen atoms in total. The number of rotatable bonds is 6. The van der Waals surface area contributed by atoms with Gasteiger partial charge in [0, 0.05) is 0 Å². The molecule has 0 saturated heterocycles. The molecule has 21 heavy (non-hydrogen) atoms. The molecule has 1 atom stereocenters. The number of hydrogen-bond donors (Lipinski definition) is 1. The highest BCUT2D eigenvalue weighted by molar-refractivity contribution is 5.76. The zero-order chi connectivity index (χ0) is 15.2. The highest BCUT2D eigenvalue weighted by Crippen LogP contribution is 2.26. The smallest absolute Gasteiger partial charge is 0.311 e. The summed E-state index contributed by atoms with van der Waals surface area (Å²) >= 11 is 0. The molecule has 0 aliphatic heterocycles. The summed E-state index contributed by atoms with van der Waals surface area (Å²) in [7, 11) is 0. The zero-order valence-corrected chi connectivity index (χ0v) is 11.8. The Bertz CT molecular complexity index is 625. The summed E-state index contributed by atoms with van der Waals surface area (Å²) in [6, 6.07) is 13.2. The zero-order valence-electron chi connectivity index (χ0n) is 11.8. The van der Waals surface area contributed by atoms with E-state index in [9.17, 15) is 14.3 Å². The van der Waals surface area contributed by atoms with E-state index in [1.807, 2.05) is 6.92 Å². The molecular weight excluding hydrogens is 271 g/mol. The Morgan fingerprint density at radius 3 is 2.67 bits per heavy atom. The molecule has 0 radical (unpaired) electrons. The van der Waals surface area contributed by atoms with Crippen LogP contribution in [0.15, 0.2) is 48.5 Å². The van der Waals surface area contributed by atoms with Gasteiger partial charge in [-0.25, -0.2) is 4.39 Å². The minimum atomic E-state index is -0.980. The first-order valence-corrected chi connectivity index (χ1v) is 6.80. The van der Waals surface area contributed by atoms with E-state index in [1.165, 1.54) is 6.07 Å². The topological polar surface area (TPSA) is 46.5 Å². The van der Waals surface area contributed by atoms with Gasteiger partial charge in [-0.3, -0.25) is 4.79 Å². The van der Waals surface area contributed by atoms with Crippen molar-refractivity contribution in [2.45, 2.75) is 19.3 Å². The van der Waals surface area contributed by atoms with Gasteiger partial charge >= 0.3 is 5.97 Å². The van der Waals surface area contributed by atoms with Gasteiger partial charge in [-0.15, -0.1) is 0 Å². The first kappa shape index (κ1) is 15.0. The molecule has 0 aliphatic rings. The van der Waals surface area contributed by atoms with Crippen LogP contribution in [0.4, 0.5) is 4.39 Å². The van der Waals surface area contributed by atoms with Gasteiger partial charge in [0.2, 0.25) is 0 Å². The first-order chi connectivity index (χ1) is 10.1. The lowest BCUT2D eigenvalue weighted by molar-refractivity contribution is -0.138. The second-order valence-electron chi connectivity index (χ2n) is 4.69. The summed E-state index contributed by atoms with van der Waals surface area (Å²) in [6.45, 7) is 2.37. The Morgan fingerprint density at radius 1 is 1.24 bits per heavy atom. The fourth-order valence-electron chi connectivity index (χ4n) is 2.22. The molecule has 0 saturated carbocycles. The third-order valence-corrected chi connectivity index (χ3v) is 3.25. The average molecular weight is 288 g/mol. The van der Waals surface area contributed by atoms with Crippen LogP contribution in [0.3, 0.4) is 0 Å². The lowest BCUT2D eigenvalue weighted by atomic mass is 9.91. The largest absolute Gasteiger partial charge is 0.494 e. The molecule has 0 heterocycles. The van der Waals surface area contributed by atoms with Crippen LogP contribution in [0.1, 0.15) is 24.0 Å². The molecule has 0 fully saturated rings. The second kappa shape index (κ2) is 6.88. The maximum absolute atomic E-state index is 13.7. The summed E-state index contributed by atoms with van der Waals surface area (Å²) in [5.41, 5.74) is 1.00. The predicted molar refractivity (Wildman–Crippen MR) is 78.1 cm³/mol. The summed E-state index contributed by atoms with van der Waals surface area (Å²) in [4.78, 5) is 11.5. The van der Waals surface area contributed by atoms with E-state index >= 15 is 0 Å². The predicted octanol–water partition coefficient (Wildman–Crippen LogP) is 3.64. The first-order valence-electron chi connectivity index (χ1n) is 6.80. The molecule has 4 heteroatoms. The maximum Gasteiger partial charge on any atom is 0.311 e. The van der Waals surface area contributed by atoms with Crippen molar-refractivity contribution in [3.05, 3.63) is 65.5 Å². The van der Waals surface area contributed by atoms with Gasteiger partial charge in [-0.05, 0) is 42.7 Å². The Kier molecular flexibility index (Phi) is 4.93. The van der Waals surface area contributed by atoms with Crippen LogP contribution in [0.25, 0.3) is 0 Å². The molecule has 1 N–H and O–H groups in total. The van der Waals surface area contributed by atoms with Crippen molar-refractivity contribution in [2.75, 3.05) is 6.61 Å². The normalized spacial score (nSPS) is 11.9. The van der Waals surface area contributed by atoms with E-state index in [1.54, 1.807) is 42.5 Å². The fraction of sp³-hybridized carbons (Fsp3) is 0.235. The summed E-state index contributed by atoms with van der Waals surface area (Å²) in [5.74, 6) is -1.55. The minimum absolute atomic E-state index is 0.109. The van der Waals surface area contributed by atoms with Crippen LogP contribution < -0.4 is 4.74 Å². The maximum atomic E-state index is 13.7. The number of carbonyl (C=O) groups is 1. The lowest BCUT2D eigenvalue weighted by Gasteiger charge is -2.14. The molecule has 1 unspecified atom stereocenters. The summed E-state index contributed by atoms with van der Waals surface area (Å²) < 4.78 is 19.1. The van der Waals surface area contributed by atoms with Crippen molar-refractivity contribution in [2.24, 2.45) is 0 Å². The van der Waals surface area contributed by atoms with Crippen molar-refractivity contribution in [3.63, 3.8) is 0 Å². The van der Waals surface area contributed by atoms with E-state index in [0.29, 0.717) is 23.5 Å². The Balaban J connectivity index is 2.29. The molecule has 0 aromatic heterocycles. The molecule has 2 rings (SSSR count). The van der Waals surface area contributed by atoms with Crippen molar-refractivity contribution in [3.8, 4) is 5.75 Å². The van der Waals surface area contributed by atoms with Crippen LogP contribution in [0.5, 0.6) is 5.75 Å². The number of ether oxygens (including phenoxy) is 1. The van der Waals surface area contributed by atoms with Gasteiger partial charge in [0.25, 0.3) is 0 Å². The number of aliphatic carboxylic acids is 1. The van der Waals surface area contributed by atoms with Crippen molar-refractivity contribution in [1.29, 1.82) is 0 Å². The summed E-state index contributed by atoms with van der Waals surface area (Å²) in [5, 5.41) is 9.44. The van der Waals surface area contributed by atoms with Crippen LogP contribution in [-0.4, -0.2) is 17.7 Å². The number of benzene rings is 2. The standard InChI is InChI=1S/C17H17FO3/c1-2-21-14-8-5-7-12(10-14)15(17(19)20)11-13-6-3-4-9-16(13)18/h3-10,15H,2,11H2,1H3,(H,19,20). The Labute approximate surface area is 123 Å². The van der Waals surface area contributed by atoms with Crippen LogP contribution in [-0.2, 0) is 11.2 Å². The Morgan fingerprint density at radius 2 is 2.00 bits per heavy atom. The summed E-state index contributed by atoms with van der Waals surface area (Å²) in [6.07, 6.45) is 0.109. The van der Waals surface area contributed by atoms with Gasteiger partial charge in [0.05, 0.1) is 12.5 Å². The number of carboxylic acid groups (broad SMARTS) is 1. The molecule has 0 aliphatic carbocycles. The van der Waals surface area contributed by atoms with E-state index < -0.39 is 11.9 Å². The minimum Gasteiger partial charge on any atom is -0.494 e. The molecule has 0 spiro atoms. The van der Waals surface area contributed by atoms with E-state index in [-0.39, 0.29) is 12.2 Å². The monoisotopic (exact) mass is 288 g/mol. The van der Waals surface area contributed by atoms with E-state index in [0.717, 1.165) is 0 Å². The number of hydrogen-bond acceptors (Lipinski definition) is 2. The lowest BCUT2D eigenvalue weighted by Crippen LogP contribution is -2.15. The molecule has 2 aromatic carbocycles. The molecular formula is C17H17FO3.